The van der Waals surface area contributed by atoms with E-state index in [-0.39, 0.29) is 10.4 Å². The van der Waals surface area contributed by atoms with Crippen LogP contribution in [0.4, 0.5) is 18.9 Å². The first kappa shape index (κ1) is 19.1. The molecule has 0 aliphatic rings. The van der Waals surface area contributed by atoms with Crippen molar-refractivity contribution in [2.45, 2.75) is 30.4 Å². The molecule has 2 aromatic rings. The predicted molar refractivity (Wildman–Crippen MR) is 99.0 cm³/mol. The summed E-state index contributed by atoms with van der Waals surface area (Å²) in [5.41, 5.74) is 0.215. The molecule has 128 valence electrons. The summed E-state index contributed by atoms with van der Waals surface area (Å²) in [6.45, 7) is 6.18. The molecule has 2 rings (SSSR count). The van der Waals surface area contributed by atoms with Gasteiger partial charge in [0.15, 0.2) is 17.5 Å². The molecule has 0 aliphatic heterocycles. The summed E-state index contributed by atoms with van der Waals surface area (Å²) in [4.78, 5) is 13.2. The quantitative estimate of drug-likeness (QED) is 0.350. The molecule has 0 unspecified atom stereocenters. The van der Waals surface area contributed by atoms with E-state index in [2.05, 4.69) is 48.7 Å². The number of amides is 1. The number of benzene rings is 2. The van der Waals surface area contributed by atoms with Crippen LogP contribution in [0.15, 0.2) is 35.2 Å². The van der Waals surface area contributed by atoms with Crippen molar-refractivity contribution in [3.05, 3.63) is 56.9 Å². The van der Waals surface area contributed by atoms with Crippen LogP contribution in [0.1, 0.15) is 31.1 Å². The third kappa shape index (κ3) is 4.89. The van der Waals surface area contributed by atoms with Crippen molar-refractivity contribution in [3.8, 4) is 0 Å². The minimum absolute atomic E-state index is 0.0295. The van der Waals surface area contributed by atoms with Crippen LogP contribution < -0.4 is 5.32 Å². The molecule has 0 spiro atoms. The van der Waals surface area contributed by atoms with Crippen LogP contribution in [0.25, 0.3) is 0 Å². The summed E-state index contributed by atoms with van der Waals surface area (Å²) in [7, 11) is 0. The zero-order valence-electron chi connectivity index (χ0n) is 13.2. The molecule has 24 heavy (non-hydrogen) atoms. The van der Waals surface area contributed by atoms with Crippen molar-refractivity contribution in [1.82, 2.24) is 0 Å². The highest BCUT2D eigenvalue weighted by Crippen LogP contribution is 2.35. The maximum absolute atomic E-state index is 13.2. The zero-order valence-corrected chi connectivity index (χ0v) is 16.2. The van der Waals surface area contributed by atoms with Gasteiger partial charge in [0.05, 0.1) is 0 Å². The Morgan fingerprint density at radius 2 is 1.67 bits per heavy atom. The number of carbonyl (C=O) groups excluding carboxylic acids is 1. The Hall–Kier alpha value is -1.22. The van der Waals surface area contributed by atoms with Gasteiger partial charge in [0, 0.05) is 36.6 Å². The van der Waals surface area contributed by atoms with Gasteiger partial charge < -0.3 is 5.32 Å². The standard InChI is InChI=1S/C17H15F3INOS/c1-17(2,3)24-14-6-9(4-5-13(14)21)16(23)22-10-7-11(18)15(20)12(19)8-10/h4-8H,1-3H3,(H,22,23). The van der Waals surface area contributed by atoms with Gasteiger partial charge in [-0.2, -0.15) is 0 Å². The number of anilines is 1. The van der Waals surface area contributed by atoms with E-state index >= 15 is 0 Å². The fourth-order valence-electron chi connectivity index (χ4n) is 1.88. The van der Waals surface area contributed by atoms with E-state index in [0.29, 0.717) is 5.56 Å². The number of rotatable bonds is 3. The number of hydrogen-bond acceptors (Lipinski definition) is 2. The van der Waals surface area contributed by atoms with Crippen molar-refractivity contribution < 1.29 is 18.0 Å². The smallest absolute Gasteiger partial charge is 0.255 e. The Kier molecular flexibility index (Phi) is 5.85. The van der Waals surface area contributed by atoms with Crippen molar-refractivity contribution in [3.63, 3.8) is 0 Å². The molecule has 0 heterocycles. The summed E-state index contributed by atoms with van der Waals surface area (Å²) >= 11 is 3.80. The average Bonchev–Trinajstić information content (AvgIpc) is 2.45. The van der Waals surface area contributed by atoms with Crippen LogP contribution in [0.5, 0.6) is 0 Å². The van der Waals surface area contributed by atoms with E-state index in [9.17, 15) is 18.0 Å². The highest BCUT2D eigenvalue weighted by molar-refractivity contribution is 14.1. The lowest BCUT2D eigenvalue weighted by Gasteiger charge is -2.19. The Morgan fingerprint density at radius 1 is 1.08 bits per heavy atom. The van der Waals surface area contributed by atoms with E-state index in [1.54, 1.807) is 30.0 Å². The monoisotopic (exact) mass is 465 g/mol. The molecule has 7 heteroatoms. The molecule has 0 aliphatic carbocycles. The summed E-state index contributed by atoms with van der Waals surface area (Å²) in [5.74, 6) is -4.78. The Balaban J connectivity index is 2.26. The zero-order chi connectivity index (χ0) is 18.1. The summed E-state index contributed by atoms with van der Waals surface area (Å²) in [5, 5.41) is 2.38. The summed E-state index contributed by atoms with van der Waals surface area (Å²) in [6.07, 6.45) is 0. The highest BCUT2D eigenvalue weighted by atomic mass is 127. The van der Waals surface area contributed by atoms with Gasteiger partial charge in [-0.05, 0) is 40.8 Å². The third-order valence-corrected chi connectivity index (χ3v) is 5.33. The van der Waals surface area contributed by atoms with Gasteiger partial charge in [0.2, 0.25) is 0 Å². The molecule has 0 saturated heterocycles. The molecule has 0 radical (unpaired) electrons. The fourth-order valence-corrected chi connectivity index (χ4v) is 3.56. The number of halogens is 4. The van der Waals surface area contributed by atoms with Gasteiger partial charge in [0.1, 0.15) is 0 Å². The fraction of sp³-hybridized carbons (Fsp3) is 0.235. The van der Waals surface area contributed by atoms with E-state index in [4.69, 9.17) is 0 Å². The molecule has 2 nitrogen and oxygen atoms in total. The third-order valence-electron chi connectivity index (χ3n) is 2.85. The minimum atomic E-state index is -1.56. The SMILES string of the molecule is CC(C)(C)Sc1cc(C(=O)Nc2cc(F)c(F)c(F)c2)ccc1I. The molecule has 0 bridgehead atoms. The van der Waals surface area contributed by atoms with Crippen LogP contribution in [0.3, 0.4) is 0 Å². The number of carbonyl (C=O) groups is 1. The highest BCUT2D eigenvalue weighted by Gasteiger charge is 2.17. The molecule has 0 fully saturated rings. The molecule has 0 atom stereocenters. The molecule has 1 N–H and O–H groups in total. The molecule has 0 aromatic heterocycles. The van der Waals surface area contributed by atoms with Crippen molar-refractivity contribution in [2.24, 2.45) is 0 Å². The van der Waals surface area contributed by atoms with Gasteiger partial charge in [-0.15, -0.1) is 11.8 Å². The van der Waals surface area contributed by atoms with Gasteiger partial charge in [0.25, 0.3) is 5.91 Å². The van der Waals surface area contributed by atoms with Crippen LogP contribution in [0.2, 0.25) is 0 Å². The molecule has 1 amide bonds. The Bertz CT molecular complexity index is 767. The summed E-state index contributed by atoms with van der Waals surface area (Å²) in [6, 6.07) is 6.64. The van der Waals surface area contributed by atoms with Crippen molar-refractivity contribution in [1.29, 1.82) is 0 Å². The lowest BCUT2D eigenvalue weighted by Crippen LogP contribution is -2.13. The first-order valence-corrected chi connectivity index (χ1v) is 8.91. The average molecular weight is 465 g/mol. The Labute approximate surface area is 156 Å². The van der Waals surface area contributed by atoms with Gasteiger partial charge in [-0.25, -0.2) is 13.2 Å². The molecular formula is C17H15F3INOS. The first-order chi connectivity index (χ1) is 11.1. The lowest BCUT2D eigenvalue weighted by atomic mass is 10.2. The first-order valence-electron chi connectivity index (χ1n) is 7.01. The van der Waals surface area contributed by atoms with Gasteiger partial charge in [-0.1, -0.05) is 20.8 Å². The molecule has 0 saturated carbocycles. The maximum atomic E-state index is 13.2. The number of hydrogen-bond donors (Lipinski definition) is 1. The topological polar surface area (TPSA) is 29.1 Å². The maximum Gasteiger partial charge on any atom is 0.255 e. The number of thioether (sulfide) groups is 1. The van der Waals surface area contributed by atoms with E-state index in [1.165, 1.54) is 0 Å². The second kappa shape index (κ2) is 7.35. The lowest BCUT2D eigenvalue weighted by molar-refractivity contribution is 0.102. The second-order valence-electron chi connectivity index (χ2n) is 6.07. The normalized spacial score (nSPS) is 11.5. The van der Waals surface area contributed by atoms with Gasteiger partial charge in [-0.3, -0.25) is 4.79 Å². The van der Waals surface area contributed by atoms with Gasteiger partial charge >= 0.3 is 0 Å². The number of nitrogens with one attached hydrogen (secondary N) is 1. The molecular weight excluding hydrogens is 450 g/mol. The summed E-state index contributed by atoms with van der Waals surface area (Å²) < 4.78 is 40.4. The van der Waals surface area contributed by atoms with Crippen molar-refractivity contribution in [2.75, 3.05) is 5.32 Å². The van der Waals surface area contributed by atoms with Crippen molar-refractivity contribution >= 4 is 45.9 Å². The van der Waals surface area contributed by atoms with E-state index in [1.807, 2.05) is 0 Å². The van der Waals surface area contributed by atoms with Crippen LogP contribution in [-0.2, 0) is 0 Å². The van der Waals surface area contributed by atoms with Crippen LogP contribution in [0, 0.1) is 21.0 Å². The minimum Gasteiger partial charge on any atom is -0.322 e. The largest absolute Gasteiger partial charge is 0.322 e. The predicted octanol–water partition coefficient (Wildman–Crippen LogP) is 5.85. The second-order valence-corrected chi connectivity index (χ2v) is 9.10. The molecule has 2 aromatic carbocycles. The Morgan fingerprint density at radius 3 is 2.21 bits per heavy atom. The van der Waals surface area contributed by atoms with E-state index < -0.39 is 23.4 Å². The van der Waals surface area contributed by atoms with E-state index in [0.717, 1.165) is 20.6 Å². The van der Waals surface area contributed by atoms with Crippen LogP contribution >= 0.6 is 34.4 Å². The van der Waals surface area contributed by atoms with Crippen LogP contribution in [-0.4, -0.2) is 10.7 Å².